The van der Waals surface area contributed by atoms with Gasteiger partial charge in [-0.05, 0) is 37.8 Å². The van der Waals surface area contributed by atoms with Crippen LogP contribution in [-0.2, 0) is 17.8 Å². The van der Waals surface area contributed by atoms with Gasteiger partial charge in [0.2, 0.25) is 5.91 Å². The number of carbonyl (C=O) groups excluding carboxylic acids is 1. The zero-order valence-corrected chi connectivity index (χ0v) is 14.8. The van der Waals surface area contributed by atoms with Crippen molar-refractivity contribution in [3.8, 4) is 0 Å². The first-order valence-corrected chi connectivity index (χ1v) is 9.23. The second-order valence-corrected chi connectivity index (χ2v) is 7.32. The van der Waals surface area contributed by atoms with Crippen LogP contribution in [0.1, 0.15) is 36.5 Å². The number of furan rings is 1. The number of carbonyl (C=O) groups is 1. The molecule has 4 rings (SSSR count). The Bertz CT molecular complexity index is 709. The first-order chi connectivity index (χ1) is 12.2. The molecule has 1 N–H and O–H groups in total. The van der Waals surface area contributed by atoms with Gasteiger partial charge in [0.05, 0.1) is 6.33 Å². The van der Waals surface area contributed by atoms with Crippen molar-refractivity contribution in [2.75, 3.05) is 19.6 Å². The van der Waals surface area contributed by atoms with Gasteiger partial charge in [-0.15, -0.1) is 0 Å². The van der Waals surface area contributed by atoms with E-state index < -0.39 is 0 Å². The molecule has 2 aliphatic rings. The Labute approximate surface area is 148 Å². The molecule has 25 heavy (non-hydrogen) atoms. The Balaban J connectivity index is 1.37. The number of fused-ring (bicyclic) bond motifs is 1. The summed E-state index contributed by atoms with van der Waals surface area (Å²) in [4.78, 5) is 24.4. The lowest BCUT2D eigenvalue weighted by Gasteiger charge is -2.47. The number of amides is 1. The van der Waals surface area contributed by atoms with E-state index in [1.165, 1.54) is 0 Å². The van der Waals surface area contributed by atoms with Crippen LogP contribution in [0.4, 0.5) is 0 Å². The number of aromatic amines is 1. The average molecular weight is 342 g/mol. The fourth-order valence-electron chi connectivity index (χ4n) is 4.32. The lowest BCUT2D eigenvalue weighted by Crippen LogP contribution is -2.56. The van der Waals surface area contributed by atoms with Gasteiger partial charge in [0.1, 0.15) is 11.5 Å². The summed E-state index contributed by atoms with van der Waals surface area (Å²) in [6.07, 6.45) is 7.19. The molecule has 134 valence electrons. The van der Waals surface area contributed by atoms with Gasteiger partial charge in [-0.25, -0.2) is 4.98 Å². The van der Waals surface area contributed by atoms with E-state index in [-0.39, 0.29) is 0 Å². The molecule has 0 unspecified atom stereocenters. The van der Waals surface area contributed by atoms with Gasteiger partial charge in [0.15, 0.2) is 0 Å². The SMILES string of the molecule is Cc1ccc(CCN2C(=O)CC[C@H]3CN(Cc4cnc[nH]4)CC[C@H]32)o1. The number of rotatable bonds is 5. The maximum atomic E-state index is 12.5. The van der Waals surface area contributed by atoms with Crippen LogP contribution in [0.25, 0.3) is 0 Å². The topological polar surface area (TPSA) is 65.4 Å². The van der Waals surface area contributed by atoms with Crippen molar-refractivity contribution in [1.82, 2.24) is 19.8 Å². The molecule has 6 heteroatoms. The summed E-state index contributed by atoms with van der Waals surface area (Å²) in [6.45, 7) is 5.74. The van der Waals surface area contributed by atoms with Gasteiger partial charge in [0, 0.05) is 57.0 Å². The normalized spacial score (nSPS) is 24.5. The second-order valence-electron chi connectivity index (χ2n) is 7.32. The predicted octanol–water partition coefficient (Wildman–Crippen LogP) is 2.37. The van der Waals surface area contributed by atoms with E-state index in [1.807, 2.05) is 25.3 Å². The summed E-state index contributed by atoms with van der Waals surface area (Å²) in [7, 11) is 0. The fourth-order valence-corrected chi connectivity index (χ4v) is 4.32. The van der Waals surface area contributed by atoms with Crippen molar-refractivity contribution in [3.05, 3.63) is 41.9 Å². The standard InChI is InChI=1S/C19H26N4O2/c1-14-2-4-17(25-14)6-9-23-18-7-8-22(12-16-10-20-13-21-16)11-15(18)3-5-19(23)24/h2,4,10,13,15,18H,3,5-9,11-12H2,1H3,(H,20,21)/t15-,18+/m0/s1. The predicted molar refractivity (Wildman–Crippen MR) is 93.9 cm³/mol. The quantitative estimate of drug-likeness (QED) is 0.906. The van der Waals surface area contributed by atoms with Crippen molar-refractivity contribution in [1.29, 1.82) is 0 Å². The second kappa shape index (κ2) is 7.04. The lowest BCUT2D eigenvalue weighted by atomic mass is 9.83. The van der Waals surface area contributed by atoms with Crippen molar-refractivity contribution in [3.63, 3.8) is 0 Å². The molecule has 0 radical (unpaired) electrons. The average Bonchev–Trinajstić information content (AvgIpc) is 3.26. The molecule has 0 aromatic carbocycles. The molecule has 2 fully saturated rings. The van der Waals surface area contributed by atoms with Crippen molar-refractivity contribution >= 4 is 5.91 Å². The summed E-state index contributed by atoms with van der Waals surface area (Å²) in [6, 6.07) is 4.40. The van der Waals surface area contributed by atoms with E-state index in [4.69, 9.17) is 4.42 Å². The van der Waals surface area contributed by atoms with Gasteiger partial charge >= 0.3 is 0 Å². The summed E-state index contributed by atoms with van der Waals surface area (Å²) in [5.41, 5.74) is 1.16. The Morgan fingerprint density at radius 2 is 2.28 bits per heavy atom. The van der Waals surface area contributed by atoms with Crippen LogP contribution in [0.3, 0.4) is 0 Å². The number of nitrogens with zero attached hydrogens (tertiary/aromatic N) is 3. The highest BCUT2D eigenvalue weighted by Gasteiger charge is 2.39. The monoisotopic (exact) mass is 342 g/mol. The van der Waals surface area contributed by atoms with E-state index >= 15 is 0 Å². The fraction of sp³-hybridized carbons (Fsp3) is 0.579. The number of aryl methyl sites for hydroxylation is 1. The van der Waals surface area contributed by atoms with Crippen LogP contribution >= 0.6 is 0 Å². The van der Waals surface area contributed by atoms with E-state index in [1.54, 1.807) is 6.33 Å². The van der Waals surface area contributed by atoms with Crippen LogP contribution in [0.5, 0.6) is 0 Å². The molecule has 0 bridgehead atoms. The number of hydrogen-bond acceptors (Lipinski definition) is 4. The third kappa shape index (κ3) is 3.63. The highest BCUT2D eigenvalue weighted by Crippen LogP contribution is 2.32. The van der Waals surface area contributed by atoms with Crippen LogP contribution in [0.2, 0.25) is 0 Å². The Kier molecular flexibility index (Phi) is 4.61. The highest BCUT2D eigenvalue weighted by molar-refractivity contribution is 5.77. The van der Waals surface area contributed by atoms with Crippen LogP contribution in [0, 0.1) is 12.8 Å². The molecule has 6 nitrogen and oxygen atoms in total. The first kappa shape index (κ1) is 16.4. The van der Waals surface area contributed by atoms with Crippen LogP contribution in [-0.4, -0.2) is 51.4 Å². The molecule has 0 saturated carbocycles. The maximum absolute atomic E-state index is 12.5. The van der Waals surface area contributed by atoms with Gasteiger partial charge in [0.25, 0.3) is 0 Å². The van der Waals surface area contributed by atoms with E-state index in [9.17, 15) is 4.79 Å². The van der Waals surface area contributed by atoms with Gasteiger partial charge in [-0.1, -0.05) is 0 Å². The van der Waals surface area contributed by atoms with Gasteiger partial charge in [-0.3, -0.25) is 9.69 Å². The molecule has 0 aliphatic carbocycles. The summed E-state index contributed by atoms with van der Waals surface area (Å²) < 4.78 is 5.67. The minimum absolute atomic E-state index is 0.312. The van der Waals surface area contributed by atoms with Crippen LogP contribution in [0.15, 0.2) is 29.1 Å². The Hall–Kier alpha value is -2.08. The Morgan fingerprint density at radius 3 is 3.04 bits per heavy atom. The first-order valence-electron chi connectivity index (χ1n) is 9.23. The number of piperidine rings is 2. The third-order valence-corrected chi connectivity index (χ3v) is 5.57. The molecule has 2 saturated heterocycles. The third-order valence-electron chi connectivity index (χ3n) is 5.57. The molecule has 1 amide bonds. The summed E-state index contributed by atoms with van der Waals surface area (Å²) in [5, 5.41) is 0. The summed E-state index contributed by atoms with van der Waals surface area (Å²) >= 11 is 0. The number of imidazole rings is 1. The smallest absolute Gasteiger partial charge is 0.222 e. The van der Waals surface area contributed by atoms with Gasteiger partial charge in [-0.2, -0.15) is 0 Å². The molecule has 2 atom stereocenters. The highest BCUT2D eigenvalue weighted by atomic mass is 16.3. The van der Waals surface area contributed by atoms with Crippen molar-refractivity contribution in [2.24, 2.45) is 5.92 Å². The number of nitrogens with one attached hydrogen (secondary N) is 1. The van der Waals surface area contributed by atoms with Crippen molar-refractivity contribution < 1.29 is 9.21 Å². The summed E-state index contributed by atoms with van der Waals surface area (Å²) in [5.74, 6) is 2.80. The van der Waals surface area contributed by atoms with Gasteiger partial charge < -0.3 is 14.3 Å². The molecule has 2 aromatic rings. The zero-order chi connectivity index (χ0) is 17.2. The van der Waals surface area contributed by atoms with E-state index in [2.05, 4.69) is 19.8 Å². The lowest BCUT2D eigenvalue weighted by molar-refractivity contribution is -0.141. The molecule has 0 spiro atoms. The van der Waals surface area contributed by atoms with E-state index in [0.717, 1.165) is 62.7 Å². The molecule has 4 heterocycles. The molecular formula is C19H26N4O2. The van der Waals surface area contributed by atoms with E-state index in [0.29, 0.717) is 24.3 Å². The number of hydrogen-bond donors (Lipinski definition) is 1. The molecule has 2 aromatic heterocycles. The molecular weight excluding hydrogens is 316 g/mol. The minimum Gasteiger partial charge on any atom is -0.466 e. The number of likely N-dealkylation sites (tertiary alicyclic amines) is 2. The number of aromatic nitrogens is 2. The Morgan fingerprint density at radius 1 is 1.36 bits per heavy atom. The largest absolute Gasteiger partial charge is 0.466 e. The van der Waals surface area contributed by atoms with Crippen molar-refractivity contribution in [2.45, 2.75) is 45.2 Å². The number of H-pyrrole nitrogens is 1. The zero-order valence-electron chi connectivity index (χ0n) is 14.8. The van der Waals surface area contributed by atoms with Crippen LogP contribution < -0.4 is 0 Å². The minimum atomic E-state index is 0.312. The maximum Gasteiger partial charge on any atom is 0.222 e. The molecule has 2 aliphatic heterocycles.